The molecule has 8 heteroatoms. The van der Waals surface area contributed by atoms with Gasteiger partial charge in [0.25, 0.3) is 5.91 Å². The van der Waals surface area contributed by atoms with Crippen molar-refractivity contribution in [2.45, 2.75) is 19.4 Å². The zero-order chi connectivity index (χ0) is 21.5. The first-order chi connectivity index (χ1) is 13.6. The Balaban J connectivity index is 2.07. The van der Waals surface area contributed by atoms with Crippen LogP contribution in [0.25, 0.3) is 0 Å². The predicted molar refractivity (Wildman–Crippen MR) is 113 cm³/mol. The van der Waals surface area contributed by atoms with E-state index in [4.69, 9.17) is 22.1 Å². The maximum atomic E-state index is 14.8. The van der Waals surface area contributed by atoms with Crippen LogP contribution >= 0.6 is 11.6 Å². The average molecular weight is 417 g/mol. The van der Waals surface area contributed by atoms with E-state index in [-0.39, 0.29) is 17.1 Å². The van der Waals surface area contributed by atoms with Gasteiger partial charge in [-0.3, -0.25) is 9.69 Å². The molecule has 1 heterocycles. The second-order valence-electron chi connectivity index (χ2n) is 7.01. The number of rotatable bonds is 4. The third-order valence-electron chi connectivity index (χ3n) is 5.08. The summed E-state index contributed by atoms with van der Waals surface area (Å²) in [5.74, 6) is -0.392. The lowest BCUT2D eigenvalue weighted by atomic mass is 9.83. The largest absolute Gasteiger partial charge is 0.495 e. The molecular formula is C21H22ClFN4O2. The molecule has 1 atom stereocenters. The molecule has 0 spiro atoms. The van der Waals surface area contributed by atoms with E-state index in [1.165, 1.54) is 25.1 Å². The van der Waals surface area contributed by atoms with Gasteiger partial charge < -0.3 is 15.8 Å². The Bertz CT molecular complexity index is 1050. The fourth-order valence-corrected chi connectivity index (χ4v) is 3.32. The number of nitrogens with zero attached hydrogens (tertiary/aromatic N) is 2. The molecule has 29 heavy (non-hydrogen) atoms. The molecule has 3 rings (SSSR count). The first-order valence-corrected chi connectivity index (χ1v) is 9.20. The van der Waals surface area contributed by atoms with E-state index in [1.54, 1.807) is 25.1 Å². The van der Waals surface area contributed by atoms with Gasteiger partial charge >= 0.3 is 0 Å². The van der Waals surface area contributed by atoms with Gasteiger partial charge in [0.05, 0.1) is 12.8 Å². The summed E-state index contributed by atoms with van der Waals surface area (Å²) < 4.78 is 20.2. The molecule has 0 aliphatic carbocycles. The number of methoxy groups -OCH3 is 1. The van der Waals surface area contributed by atoms with Crippen LogP contribution in [0, 0.1) is 12.7 Å². The average Bonchev–Trinajstić information content (AvgIpc) is 2.68. The molecule has 1 amide bonds. The number of benzene rings is 2. The van der Waals surface area contributed by atoms with E-state index in [2.05, 4.69) is 16.9 Å². The van der Waals surface area contributed by atoms with Gasteiger partial charge in [0, 0.05) is 35.0 Å². The first-order valence-electron chi connectivity index (χ1n) is 8.82. The Labute approximate surface area is 173 Å². The molecule has 0 radical (unpaired) electrons. The van der Waals surface area contributed by atoms with Crippen molar-refractivity contribution < 1.29 is 13.9 Å². The number of anilines is 2. The standard InChI is InChI=1S/C21H22ClFN4O2/c1-11-8-17(18(29-5)10-15(11)22)25-13-6-7-16(23)14(9-13)21(3)12(2)19(28)27(4)20(24)26-21/h6-10,25H,2H2,1,3-5H3,(H2,24,26)/t21-/m0/s1. The van der Waals surface area contributed by atoms with E-state index in [1.807, 2.05) is 13.0 Å². The summed E-state index contributed by atoms with van der Waals surface area (Å²) in [7, 11) is 3.03. The zero-order valence-corrected chi connectivity index (χ0v) is 17.4. The van der Waals surface area contributed by atoms with Crippen molar-refractivity contribution in [1.82, 2.24) is 4.90 Å². The summed E-state index contributed by atoms with van der Waals surface area (Å²) in [6.07, 6.45) is 0. The van der Waals surface area contributed by atoms with Crippen LogP contribution in [0.5, 0.6) is 5.75 Å². The maximum absolute atomic E-state index is 14.8. The number of halogens is 2. The third kappa shape index (κ3) is 3.53. The van der Waals surface area contributed by atoms with Crippen molar-refractivity contribution in [2.75, 3.05) is 19.5 Å². The number of carbonyl (C=O) groups excluding carboxylic acids is 1. The van der Waals surface area contributed by atoms with Crippen LogP contribution in [0.2, 0.25) is 5.02 Å². The van der Waals surface area contributed by atoms with Crippen LogP contribution in [0.3, 0.4) is 0 Å². The molecule has 6 nitrogen and oxygen atoms in total. The van der Waals surface area contributed by atoms with Gasteiger partial charge in [0.1, 0.15) is 17.1 Å². The highest BCUT2D eigenvalue weighted by atomic mass is 35.5. The summed E-state index contributed by atoms with van der Waals surface area (Å²) in [4.78, 5) is 18.0. The van der Waals surface area contributed by atoms with Crippen molar-refractivity contribution in [3.8, 4) is 5.75 Å². The number of ether oxygens (including phenoxy) is 1. The Morgan fingerprint density at radius 1 is 1.34 bits per heavy atom. The van der Waals surface area contributed by atoms with Crippen molar-refractivity contribution in [1.29, 1.82) is 0 Å². The molecule has 0 aromatic heterocycles. The molecule has 0 saturated heterocycles. The van der Waals surface area contributed by atoms with Crippen molar-refractivity contribution in [3.05, 3.63) is 64.5 Å². The first kappa shape index (κ1) is 20.7. The second-order valence-corrected chi connectivity index (χ2v) is 7.41. The predicted octanol–water partition coefficient (Wildman–Crippen LogP) is 4.10. The minimum absolute atomic E-state index is 0.00217. The Hall–Kier alpha value is -3.06. The van der Waals surface area contributed by atoms with Crippen molar-refractivity contribution in [3.63, 3.8) is 0 Å². The minimum atomic E-state index is -1.32. The number of likely N-dealkylation sites (N-methyl/N-ethyl adjacent to an activating group) is 1. The van der Waals surface area contributed by atoms with Gasteiger partial charge in [0.15, 0.2) is 5.96 Å². The summed E-state index contributed by atoms with van der Waals surface area (Å²) >= 11 is 6.16. The molecule has 2 aromatic rings. The van der Waals surface area contributed by atoms with Crippen LogP contribution in [0.15, 0.2) is 47.5 Å². The monoisotopic (exact) mass is 416 g/mol. The highest BCUT2D eigenvalue weighted by Crippen LogP contribution is 2.40. The van der Waals surface area contributed by atoms with Crippen LogP contribution < -0.4 is 15.8 Å². The number of nitrogens with one attached hydrogen (secondary N) is 1. The van der Waals surface area contributed by atoms with Crippen molar-refractivity contribution in [2.24, 2.45) is 10.7 Å². The van der Waals surface area contributed by atoms with Gasteiger partial charge in [0.2, 0.25) is 0 Å². The maximum Gasteiger partial charge on any atom is 0.258 e. The van der Waals surface area contributed by atoms with Gasteiger partial charge in [-0.1, -0.05) is 18.2 Å². The van der Waals surface area contributed by atoms with Gasteiger partial charge in [-0.2, -0.15) is 0 Å². The molecule has 0 unspecified atom stereocenters. The topological polar surface area (TPSA) is 80.0 Å². The van der Waals surface area contributed by atoms with Crippen LogP contribution in [-0.2, 0) is 10.3 Å². The second kappa shape index (κ2) is 7.40. The molecule has 0 fully saturated rings. The highest BCUT2D eigenvalue weighted by Gasteiger charge is 2.41. The summed E-state index contributed by atoms with van der Waals surface area (Å²) in [5, 5.41) is 3.78. The quantitative estimate of drug-likeness (QED) is 0.735. The lowest BCUT2D eigenvalue weighted by Crippen LogP contribution is -2.49. The van der Waals surface area contributed by atoms with Crippen LogP contribution in [0.1, 0.15) is 18.1 Å². The fourth-order valence-electron chi connectivity index (χ4n) is 3.17. The molecule has 3 N–H and O–H groups in total. The molecule has 2 aromatic carbocycles. The molecule has 152 valence electrons. The number of aliphatic imine (C=N–C) groups is 1. The van der Waals surface area contributed by atoms with Crippen molar-refractivity contribution >= 4 is 34.8 Å². The van der Waals surface area contributed by atoms with Crippen LogP contribution in [0.4, 0.5) is 15.8 Å². The summed E-state index contributed by atoms with van der Waals surface area (Å²) in [6, 6.07) is 8.00. The number of aryl methyl sites for hydroxylation is 1. The summed E-state index contributed by atoms with van der Waals surface area (Å²) in [6.45, 7) is 7.32. The highest BCUT2D eigenvalue weighted by molar-refractivity contribution is 6.31. The smallest absolute Gasteiger partial charge is 0.258 e. The molecule has 0 bridgehead atoms. The van der Waals surface area contributed by atoms with Crippen LogP contribution in [-0.4, -0.2) is 30.9 Å². The lowest BCUT2D eigenvalue weighted by Gasteiger charge is -2.35. The number of carbonyl (C=O) groups is 1. The molecule has 0 saturated carbocycles. The number of guanidine groups is 1. The number of nitrogens with two attached hydrogens (primary N) is 1. The fraction of sp³-hybridized carbons (Fsp3) is 0.238. The SMILES string of the molecule is C=C1C(=O)N(C)C(N)=N[C@]1(C)c1cc(Nc2cc(C)c(Cl)cc2OC)ccc1F. The Kier molecular flexibility index (Phi) is 5.28. The molecular weight excluding hydrogens is 395 g/mol. The number of hydrogen-bond acceptors (Lipinski definition) is 5. The normalized spacial score (nSPS) is 19.2. The van der Waals surface area contributed by atoms with E-state index in [9.17, 15) is 9.18 Å². The molecule has 1 aliphatic rings. The Morgan fingerprint density at radius 3 is 2.69 bits per heavy atom. The van der Waals surface area contributed by atoms with Gasteiger partial charge in [-0.25, -0.2) is 9.38 Å². The number of amides is 1. The van der Waals surface area contributed by atoms with E-state index in [0.717, 1.165) is 5.56 Å². The summed E-state index contributed by atoms with van der Waals surface area (Å²) in [5.41, 5.74) is 6.96. The lowest BCUT2D eigenvalue weighted by molar-refractivity contribution is -0.123. The van der Waals surface area contributed by atoms with E-state index >= 15 is 0 Å². The molecule has 1 aliphatic heterocycles. The zero-order valence-electron chi connectivity index (χ0n) is 16.6. The van der Waals surface area contributed by atoms with Gasteiger partial charge in [-0.15, -0.1) is 0 Å². The van der Waals surface area contributed by atoms with Gasteiger partial charge in [-0.05, 0) is 43.7 Å². The minimum Gasteiger partial charge on any atom is -0.495 e. The Morgan fingerprint density at radius 2 is 2.03 bits per heavy atom. The third-order valence-corrected chi connectivity index (χ3v) is 5.49. The number of hydrogen-bond donors (Lipinski definition) is 2. The van der Waals surface area contributed by atoms with E-state index in [0.29, 0.717) is 22.1 Å². The van der Waals surface area contributed by atoms with E-state index < -0.39 is 17.3 Å².